The van der Waals surface area contributed by atoms with Gasteiger partial charge in [0.15, 0.2) is 11.5 Å². The van der Waals surface area contributed by atoms with Crippen molar-refractivity contribution in [1.29, 1.82) is 0 Å². The predicted molar refractivity (Wildman–Crippen MR) is 71.3 cm³/mol. The third-order valence-electron chi connectivity index (χ3n) is 3.73. The largest absolute Gasteiger partial charge is 0.409 e. The highest BCUT2D eigenvalue weighted by Gasteiger charge is 2.35. The number of nitrogens with zero attached hydrogens (tertiary/aromatic N) is 5. The maximum absolute atomic E-state index is 12.1. The van der Waals surface area contributed by atoms with Crippen LogP contribution >= 0.6 is 0 Å². The third-order valence-corrected chi connectivity index (χ3v) is 3.73. The number of oxime groups is 1. The van der Waals surface area contributed by atoms with Crippen molar-refractivity contribution in [3.63, 3.8) is 0 Å². The summed E-state index contributed by atoms with van der Waals surface area (Å²) in [6, 6.07) is 0. The number of carbonyl (C=O) groups is 1. The van der Waals surface area contributed by atoms with Crippen molar-refractivity contribution in [2.75, 3.05) is 26.2 Å². The molecule has 0 aromatic carbocycles. The van der Waals surface area contributed by atoms with Gasteiger partial charge in [0.2, 0.25) is 0 Å². The minimum Gasteiger partial charge on any atom is -0.409 e. The minimum absolute atomic E-state index is 0.139. The molecule has 1 fully saturated rings. The van der Waals surface area contributed by atoms with Crippen LogP contribution in [0.1, 0.15) is 24.3 Å². The molecule has 20 heavy (non-hydrogen) atoms. The van der Waals surface area contributed by atoms with Gasteiger partial charge in [-0.25, -0.2) is 0 Å². The number of amidine groups is 1. The van der Waals surface area contributed by atoms with Crippen LogP contribution in [0.4, 0.5) is 0 Å². The summed E-state index contributed by atoms with van der Waals surface area (Å²) in [5.41, 5.74) is 5.48. The number of H-pyrrole nitrogens is 1. The Balaban J connectivity index is 1.98. The molecule has 0 aliphatic carbocycles. The molecule has 0 radical (unpaired) electrons. The molecule has 2 rings (SSSR count). The van der Waals surface area contributed by atoms with Crippen LogP contribution in [0.5, 0.6) is 0 Å². The Morgan fingerprint density at radius 2 is 2.10 bits per heavy atom. The van der Waals surface area contributed by atoms with E-state index in [-0.39, 0.29) is 11.7 Å². The van der Waals surface area contributed by atoms with E-state index in [4.69, 9.17) is 10.9 Å². The average Bonchev–Trinajstić information content (AvgIpc) is 2.99. The Morgan fingerprint density at radius 3 is 2.60 bits per heavy atom. The quantitative estimate of drug-likeness (QED) is 0.285. The molecule has 4 N–H and O–H groups in total. The topological polar surface area (TPSA) is 124 Å². The van der Waals surface area contributed by atoms with Gasteiger partial charge in [-0.2, -0.15) is 15.4 Å². The predicted octanol–water partition coefficient (Wildman–Crippen LogP) is -0.912. The monoisotopic (exact) mass is 281 g/mol. The summed E-state index contributed by atoms with van der Waals surface area (Å²) in [5.74, 6) is 0.0220. The number of aromatic amines is 1. The number of hydrogen-bond donors (Lipinski definition) is 3. The van der Waals surface area contributed by atoms with Crippen LogP contribution in [0.25, 0.3) is 0 Å². The zero-order valence-corrected chi connectivity index (χ0v) is 11.6. The zero-order valence-electron chi connectivity index (χ0n) is 11.6. The summed E-state index contributed by atoms with van der Waals surface area (Å²) < 4.78 is 0. The molecule has 0 spiro atoms. The number of carbonyl (C=O) groups excluding carboxylic acids is 1. The Morgan fingerprint density at radius 1 is 1.45 bits per heavy atom. The standard InChI is InChI=1S/C11H19N7O2/c1-11(2,10(12)15-20)18-5-3-17(4-6-18)9(19)8-7-13-16-14-8/h7,20H,3-6H2,1-2H3,(H2,12,15)(H,13,14,16). The van der Waals surface area contributed by atoms with Crippen molar-refractivity contribution < 1.29 is 10.0 Å². The molecule has 1 aliphatic heterocycles. The second-order valence-electron chi connectivity index (χ2n) is 5.18. The lowest BCUT2D eigenvalue weighted by Crippen LogP contribution is -2.60. The minimum atomic E-state index is -0.544. The van der Waals surface area contributed by atoms with Crippen molar-refractivity contribution in [1.82, 2.24) is 25.2 Å². The second-order valence-corrected chi connectivity index (χ2v) is 5.18. The number of rotatable bonds is 3. The van der Waals surface area contributed by atoms with E-state index in [1.54, 1.807) is 4.90 Å². The van der Waals surface area contributed by atoms with Gasteiger partial charge in [-0.3, -0.25) is 9.69 Å². The first-order valence-electron chi connectivity index (χ1n) is 6.35. The number of nitrogens with one attached hydrogen (secondary N) is 1. The van der Waals surface area contributed by atoms with E-state index in [0.717, 1.165) is 0 Å². The van der Waals surface area contributed by atoms with Gasteiger partial charge in [-0.1, -0.05) is 5.16 Å². The Hall–Kier alpha value is -2.16. The van der Waals surface area contributed by atoms with Crippen molar-refractivity contribution >= 4 is 11.7 Å². The van der Waals surface area contributed by atoms with E-state index in [0.29, 0.717) is 31.9 Å². The smallest absolute Gasteiger partial charge is 0.276 e. The van der Waals surface area contributed by atoms with E-state index < -0.39 is 5.54 Å². The molecule has 0 bridgehead atoms. The van der Waals surface area contributed by atoms with Crippen LogP contribution in [-0.4, -0.2) is 73.9 Å². The molecule has 0 atom stereocenters. The number of hydrogen-bond acceptors (Lipinski definition) is 6. The highest BCUT2D eigenvalue weighted by atomic mass is 16.4. The molecular weight excluding hydrogens is 262 g/mol. The molecular formula is C11H19N7O2. The number of aromatic nitrogens is 3. The molecule has 1 aliphatic rings. The summed E-state index contributed by atoms with van der Waals surface area (Å²) in [6.07, 6.45) is 1.41. The second kappa shape index (κ2) is 5.45. The van der Waals surface area contributed by atoms with E-state index in [9.17, 15) is 4.79 Å². The van der Waals surface area contributed by atoms with E-state index in [2.05, 4.69) is 25.5 Å². The van der Waals surface area contributed by atoms with Crippen molar-refractivity contribution in [2.45, 2.75) is 19.4 Å². The van der Waals surface area contributed by atoms with Gasteiger partial charge in [0.1, 0.15) is 0 Å². The van der Waals surface area contributed by atoms with Crippen LogP contribution in [0.15, 0.2) is 11.4 Å². The van der Waals surface area contributed by atoms with Crippen LogP contribution in [0.3, 0.4) is 0 Å². The summed E-state index contributed by atoms with van der Waals surface area (Å²) in [6.45, 7) is 6.19. The number of nitrogens with two attached hydrogens (primary N) is 1. The molecule has 2 heterocycles. The van der Waals surface area contributed by atoms with Gasteiger partial charge in [0, 0.05) is 26.2 Å². The van der Waals surface area contributed by atoms with Gasteiger partial charge in [-0.05, 0) is 13.8 Å². The lowest BCUT2D eigenvalue weighted by molar-refractivity contribution is 0.0526. The molecule has 1 aromatic rings. The van der Waals surface area contributed by atoms with Gasteiger partial charge in [-0.15, -0.1) is 0 Å². The molecule has 0 saturated carbocycles. The molecule has 110 valence electrons. The number of amides is 1. The molecule has 0 unspecified atom stereocenters. The van der Waals surface area contributed by atoms with E-state index in [1.165, 1.54) is 6.20 Å². The fourth-order valence-electron chi connectivity index (χ4n) is 2.22. The summed E-state index contributed by atoms with van der Waals surface area (Å²) >= 11 is 0. The average molecular weight is 281 g/mol. The SMILES string of the molecule is CC(C)(C(N)=NO)N1CCN(C(=O)c2cn[nH]n2)CC1. The van der Waals surface area contributed by atoms with Crippen LogP contribution in [-0.2, 0) is 0 Å². The van der Waals surface area contributed by atoms with Gasteiger partial charge in [0.05, 0.1) is 11.7 Å². The first-order valence-corrected chi connectivity index (χ1v) is 6.35. The van der Waals surface area contributed by atoms with Crippen LogP contribution in [0.2, 0.25) is 0 Å². The highest BCUT2D eigenvalue weighted by molar-refractivity contribution is 5.92. The molecule has 1 amide bonds. The molecule has 9 heteroatoms. The lowest BCUT2D eigenvalue weighted by atomic mass is 10.00. The summed E-state index contributed by atoms with van der Waals surface area (Å²) in [7, 11) is 0. The van der Waals surface area contributed by atoms with E-state index >= 15 is 0 Å². The maximum atomic E-state index is 12.1. The maximum Gasteiger partial charge on any atom is 0.276 e. The first-order chi connectivity index (χ1) is 9.46. The fourth-order valence-corrected chi connectivity index (χ4v) is 2.22. The van der Waals surface area contributed by atoms with Gasteiger partial charge in [0.25, 0.3) is 5.91 Å². The molecule has 1 aromatic heterocycles. The molecule has 9 nitrogen and oxygen atoms in total. The Bertz CT molecular complexity index is 489. The summed E-state index contributed by atoms with van der Waals surface area (Å²) in [4.78, 5) is 15.9. The first kappa shape index (κ1) is 14.3. The van der Waals surface area contributed by atoms with Gasteiger partial charge >= 0.3 is 0 Å². The normalized spacial score (nSPS) is 18.3. The fraction of sp³-hybridized carbons (Fsp3) is 0.636. The summed E-state index contributed by atoms with van der Waals surface area (Å²) in [5, 5.41) is 21.7. The molecule has 1 saturated heterocycles. The van der Waals surface area contributed by atoms with E-state index in [1.807, 2.05) is 13.8 Å². The number of piperazine rings is 1. The van der Waals surface area contributed by atoms with Crippen molar-refractivity contribution in [3.05, 3.63) is 11.9 Å². The van der Waals surface area contributed by atoms with Crippen LogP contribution < -0.4 is 5.73 Å². The van der Waals surface area contributed by atoms with Crippen molar-refractivity contribution in [2.24, 2.45) is 10.9 Å². The zero-order chi connectivity index (χ0) is 14.8. The van der Waals surface area contributed by atoms with Gasteiger partial charge < -0.3 is 15.8 Å². The Labute approximate surface area is 116 Å². The van der Waals surface area contributed by atoms with Crippen molar-refractivity contribution in [3.8, 4) is 0 Å². The van der Waals surface area contributed by atoms with Crippen LogP contribution in [0, 0.1) is 0 Å². The Kier molecular flexibility index (Phi) is 3.89. The lowest BCUT2D eigenvalue weighted by Gasteiger charge is -2.43. The third kappa shape index (κ3) is 2.57. The highest BCUT2D eigenvalue weighted by Crippen LogP contribution is 2.18.